The first-order valence-corrected chi connectivity index (χ1v) is 8.66. The van der Waals surface area contributed by atoms with E-state index in [1.807, 2.05) is 4.90 Å². The van der Waals surface area contributed by atoms with Crippen molar-refractivity contribution in [2.75, 3.05) is 13.1 Å². The summed E-state index contributed by atoms with van der Waals surface area (Å²) >= 11 is 6.09. The van der Waals surface area contributed by atoms with Gasteiger partial charge in [0, 0.05) is 36.3 Å². The topological polar surface area (TPSA) is 61.4 Å². The van der Waals surface area contributed by atoms with Gasteiger partial charge in [-0.3, -0.25) is 14.5 Å². The second kappa shape index (κ2) is 7.49. The van der Waals surface area contributed by atoms with E-state index in [-0.39, 0.29) is 30.8 Å². The van der Waals surface area contributed by atoms with Crippen molar-refractivity contribution in [3.05, 3.63) is 34.6 Å². The molecule has 2 fully saturated rings. The quantitative estimate of drug-likeness (QED) is 0.849. The van der Waals surface area contributed by atoms with Gasteiger partial charge in [-0.2, -0.15) is 0 Å². The van der Waals surface area contributed by atoms with Gasteiger partial charge in [-0.05, 0) is 31.4 Å². The van der Waals surface area contributed by atoms with E-state index in [0.717, 1.165) is 19.3 Å². The van der Waals surface area contributed by atoms with E-state index in [2.05, 4.69) is 10.6 Å². The Kier molecular flexibility index (Phi) is 5.36. The average Bonchev–Trinajstić information content (AvgIpc) is 2.50. The van der Waals surface area contributed by atoms with Gasteiger partial charge in [0.15, 0.2) is 0 Å². The molecule has 0 spiro atoms. The largest absolute Gasteiger partial charge is 0.353 e. The highest BCUT2D eigenvalue weighted by atomic mass is 35.5. The molecule has 1 aliphatic heterocycles. The highest BCUT2D eigenvalue weighted by Crippen LogP contribution is 2.23. The summed E-state index contributed by atoms with van der Waals surface area (Å²) in [6.45, 7) is 1.24. The van der Waals surface area contributed by atoms with Crippen LogP contribution in [0.2, 0.25) is 5.02 Å². The molecule has 130 valence electrons. The molecule has 1 aromatic rings. The number of carbonyl (C=O) groups is 2. The summed E-state index contributed by atoms with van der Waals surface area (Å²) < 4.78 is 14.0. The highest BCUT2D eigenvalue weighted by molar-refractivity contribution is 6.31. The van der Waals surface area contributed by atoms with E-state index < -0.39 is 11.9 Å². The smallest absolute Gasteiger partial charge is 0.237 e. The summed E-state index contributed by atoms with van der Waals surface area (Å²) in [5.41, 5.74) is 0.360. The Labute approximate surface area is 145 Å². The van der Waals surface area contributed by atoms with Gasteiger partial charge in [-0.1, -0.05) is 17.7 Å². The zero-order chi connectivity index (χ0) is 17.1. The lowest BCUT2D eigenvalue weighted by atomic mass is 9.93. The number of benzene rings is 1. The highest BCUT2D eigenvalue weighted by Gasteiger charge is 2.33. The molecular weight excluding hydrogens is 333 g/mol. The Morgan fingerprint density at radius 2 is 2.21 bits per heavy atom. The van der Waals surface area contributed by atoms with Crippen molar-refractivity contribution < 1.29 is 14.0 Å². The van der Waals surface area contributed by atoms with Crippen LogP contribution < -0.4 is 10.6 Å². The number of halogens is 2. The van der Waals surface area contributed by atoms with Gasteiger partial charge in [0.1, 0.15) is 5.82 Å². The van der Waals surface area contributed by atoms with Crippen molar-refractivity contribution in [2.24, 2.45) is 0 Å². The molecule has 2 amide bonds. The van der Waals surface area contributed by atoms with Crippen molar-refractivity contribution in [1.82, 2.24) is 15.5 Å². The first kappa shape index (κ1) is 17.2. The van der Waals surface area contributed by atoms with Gasteiger partial charge in [0.2, 0.25) is 11.8 Å². The molecule has 1 unspecified atom stereocenters. The predicted octanol–water partition coefficient (Wildman–Crippen LogP) is 1.84. The molecule has 2 aliphatic rings. The number of nitrogens with one attached hydrogen (secondary N) is 2. The molecule has 24 heavy (non-hydrogen) atoms. The van der Waals surface area contributed by atoms with Crippen LogP contribution in [0.4, 0.5) is 4.39 Å². The zero-order valence-electron chi connectivity index (χ0n) is 13.4. The molecule has 1 aliphatic carbocycles. The summed E-state index contributed by atoms with van der Waals surface area (Å²) in [6.07, 6.45) is 3.20. The van der Waals surface area contributed by atoms with Crippen LogP contribution in [0.25, 0.3) is 0 Å². The first-order chi connectivity index (χ1) is 11.5. The molecule has 7 heteroatoms. The van der Waals surface area contributed by atoms with Crippen molar-refractivity contribution in [3.8, 4) is 0 Å². The van der Waals surface area contributed by atoms with Gasteiger partial charge in [-0.15, -0.1) is 0 Å². The molecule has 1 aromatic carbocycles. The van der Waals surface area contributed by atoms with Crippen molar-refractivity contribution in [3.63, 3.8) is 0 Å². The SMILES string of the molecule is O=C(CC1C(=O)NCCN1Cc1c(F)cccc1Cl)NC1CCC1. The van der Waals surface area contributed by atoms with Gasteiger partial charge < -0.3 is 10.6 Å². The fraction of sp³-hybridized carbons (Fsp3) is 0.529. The van der Waals surface area contributed by atoms with E-state index >= 15 is 0 Å². The summed E-state index contributed by atoms with van der Waals surface area (Å²) in [5, 5.41) is 6.05. The standard InChI is InChI=1S/C17H21ClFN3O2/c18-13-5-2-6-14(19)12(13)10-22-8-7-20-17(24)15(22)9-16(23)21-11-3-1-4-11/h2,5-6,11,15H,1,3-4,7-10H2,(H,20,24)(H,21,23). The number of hydrogen-bond donors (Lipinski definition) is 2. The minimum absolute atomic E-state index is 0.0778. The monoisotopic (exact) mass is 353 g/mol. The predicted molar refractivity (Wildman–Crippen MR) is 89.0 cm³/mol. The van der Waals surface area contributed by atoms with Gasteiger partial charge in [0.05, 0.1) is 12.5 Å². The summed E-state index contributed by atoms with van der Waals surface area (Å²) in [4.78, 5) is 26.2. The molecular formula is C17H21ClFN3O2. The molecule has 1 atom stereocenters. The lowest BCUT2D eigenvalue weighted by Crippen LogP contribution is -2.56. The van der Waals surface area contributed by atoms with E-state index in [4.69, 9.17) is 11.6 Å². The van der Waals surface area contributed by atoms with Gasteiger partial charge in [-0.25, -0.2) is 4.39 Å². The maximum Gasteiger partial charge on any atom is 0.237 e. The van der Waals surface area contributed by atoms with Crippen LogP contribution in [-0.4, -0.2) is 41.9 Å². The van der Waals surface area contributed by atoms with Gasteiger partial charge >= 0.3 is 0 Å². The maximum absolute atomic E-state index is 14.0. The second-order valence-corrected chi connectivity index (χ2v) is 6.78. The van der Waals surface area contributed by atoms with Crippen LogP contribution in [0.1, 0.15) is 31.2 Å². The van der Waals surface area contributed by atoms with Gasteiger partial charge in [0.25, 0.3) is 0 Å². The number of rotatable bonds is 5. The van der Waals surface area contributed by atoms with Crippen LogP contribution in [0.3, 0.4) is 0 Å². The fourth-order valence-electron chi connectivity index (χ4n) is 3.07. The minimum atomic E-state index is -0.602. The van der Waals surface area contributed by atoms with Crippen LogP contribution in [0, 0.1) is 5.82 Å². The van der Waals surface area contributed by atoms with Crippen molar-refractivity contribution >= 4 is 23.4 Å². The Morgan fingerprint density at radius 1 is 1.42 bits per heavy atom. The second-order valence-electron chi connectivity index (χ2n) is 6.38. The Balaban J connectivity index is 1.69. The Bertz CT molecular complexity index is 616. The fourth-order valence-corrected chi connectivity index (χ4v) is 3.30. The van der Waals surface area contributed by atoms with Crippen LogP contribution in [0.5, 0.6) is 0 Å². The molecule has 1 saturated carbocycles. The summed E-state index contributed by atoms with van der Waals surface area (Å²) in [5.74, 6) is -0.727. The van der Waals surface area contributed by atoms with Crippen LogP contribution >= 0.6 is 11.6 Å². The number of carbonyl (C=O) groups excluding carboxylic acids is 2. The molecule has 2 N–H and O–H groups in total. The number of piperazine rings is 1. The first-order valence-electron chi connectivity index (χ1n) is 8.28. The van der Waals surface area contributed by atoms with Crippen LogP contribution in [0.15, 0.2) is 18.2 Å². The van der Waals surface area contributed by atoms with Crippen molar-refractivity contribution in [2.45, 2.75) is 44.3 Å². The van der Waals surface area contributed by atoms with E-state index in [1.54, 1.807) is 12.1 Å². The molecule has 0 radical (unpaired) electrons. The lowest BCUT2D eigenvalue weighted by Gasteiger charge is -2.35. The normalized spacial score (nSPS) is 21.9. The minimum Gasteiger partial charge on any atom is -0.353 e. The number of amides is 2. The summed E-state index contributed by atoms with van der Waals surface area (Å²) in [7, 11) is 0. The van der Waals surface area contributed by atoms with Crippen LogP contribution in [-0.2, 0) is 16.1 Å². The molecule has 5 nitrogen and oxygen atoms in total. The van der Waals surface area contributed by atoms with Crippen molar-refractivity contribution in [1.29, 1.82) is 0 Å². The lowest BCUT2D eigenvalue weighted by molar-refractivity contribution is -0.134. The molecule has 0 bridgehead atoms. The number of nitrogens with zero attached hydrogens (tertiary/aromatic N) is 1. The molecule has 1 saturated heterocycles. The van der Waals surface area contributed by atoms with E-state index in [9.17, 15) is 14.0 Å². The van der Waals surface area contributed by atoms with E-state index in [0.29, 0.717) is 23.7 Å². The Morgan fingerprint density at radius 3 is 2.88 bits per heavy atom. The number of hydrogen-bond acceptors (Lipinski definition) is 3. The third-order valence-electron chi connectivity index (χ3n) is 4.71. The maximum atomic E-state index is 14.0. The Hall–Kier alpha value is -1.66. The molecule has 3 rings (SSSR count). The third kappa shape index (κ3) is 3.87. The molecule has 1 heterocycles. The third-order valence-corrected chi connectivity index (χ3v) is 5.07. The zero-order valence-corrected chi connectivity index (χ0v) is 14.1. The average molecular weight is 354 g/mol. The van der Waals surface area contributed by atoms with E-state index in [1.165, 1.54) is 6.07 Å². The molecule has 0 aromatic heterocycles. The summed E-state index contributed by atoms with van der Waals surface area (Å²) in [6, 6.07) is 4.16.